The van der Waals surface area contributed by atoms with Gasteiger partial charge in [0.25, 0.3) is 17.4 Å². The van der Waals surface area contributed by atoms with Gasteiger partial charge in [-0.15, -0.1) is 0 Å². The Morgan fingerprint density at radius 1 is 1.21 bits per heavy atom. The fourth-order valence-corrected chi connectivity index (χ4v) is 6.86. The number of likely N-dealkylation sites (tertiary alicyclic amines) is 1. The second kappa shape index (κ2) is 15.4. The van der Waals surface area contributed by atoms with E-state index in [0.717, 1.165) is 12.1 Å². The van der Waals surface area contributed by atoms with Crippen molar-refractivity contribution in [3.05, 3.63) is 105 Å². The molecule has 11 nitrogen and oxygen atoms in total. The number of aromatic hydroxyl groups is 1. The van der Waals surface area contributed by atoms with Crippen LogP contribution in [0, 0.1) is 25.1 Å². The van der Waals surface area contributed by atoms with Gasteiger partial charge in [-0.1, -0.05) is 26.5 Å². The van der Waals surface area contributed by atoms with Crippen molar-refractivity contribution in [3.8, 4) is 22.7 Å². The number of hydrogen-bond donors (Lipinski definition) is 2. The van der Waals surface area contributed by atoms with E-state index in [1.165, 1.54) is 21.6 Å². The highest BCUT2D eigenvalue weighted by Gasteiger charge is 2.39. The zero-order chi connectivity index (χ0) is 38.0. The average Bonchev–Trinajstić information content (AvgIpc) is 3.08. The van der Waals surface area contributed by atoms with Crippen LogP contribution in [0.5, 0.6) is 5.75 Å². The van der Waals surface area contributed by atoms with Crippen molar-refractivity contribution in [2.75, 3.05) is 40.3 Å². The molecule has 0 spiro atoms. The second-order valence-corrected chi connectivity index (χ2v) is 13.4. The smallest absolute Gasteiger partial charge is 0.282 e. The first-order chi connectivity index (χ1) is 24.7. The Hall–Kier alpha value is -5.55. The highest BCUT2D eigenvalue weighted by Crippen LogP contribution is 2.41. The van der Waals surface area contributed by atoms with Crippen LogP contribution in [-0.4, -0.2) is 87.6 Å². The number of fused-ring (bicyclic) bond motifs is 1. The van der Waals surface area contributed by atoms with Gasteiger partial charge in [-0.2, -0.15) is 0 Å². The van der Waals surface area contributed by atoms with Crippen molar-refractivity contribution < 1.29 is 27.9 Å². The van der Waals surface area contributed by atoms with Crippen LogP contribution in [0.3, 0.4) is 0 Å². The fraction of sp³-hybridized carbons (Fsp3) is 0.368. The fourth-order valence-electron chi connectivity index (χ4n) is 6.86. The van der Waals surface area contributed by atoms with Crippen molar-refractivity contribution in [1.29, 1.82) is 0 Å². The quantitative estimate of drug-likeness (QED) is 0.161. The number of rotatable bonds is 10. The van der Waals surface area contributed by atoms with Crippen LogP contribution in [-0.2, 0) is 4.79 Å². The van der Waals surface area contributed by atoms with Crippen LogP contribution in [0.15, 0.2) is 53.7 Å². The maximum atomic E-state index is 16.4. The molecule has 2 amide bonds. The van der Waals surface area contributed by atoms with Gasteiger partial charge in [-0.25, -0.2) is 24.7 Å². The van der Waals surface area contributed by atoms with Crippen LogP contribution in [0.25, 0.3) is 32.8 Å². The molecule has 0 bridgehead atoms. The Bertz CT molecular complexity index is 2160. The number of phenols is 1. The molecule has 1 aromatic carbocycles. The molecule has 5 rings (SSSR count). The van der Waals surface area contributed by atoms with Crippen LogP contribution >= 0.6 is 0 Å². The van der Waals surface area contributed by atoms with E-state index in [-0.39, 0.29) is 60.6 Å². The number of aryl methyl sites for hydroxylation is 1. The van der Waals surface area contributed by atoms with Gasteiger partial charge in [0.15, 0.2) is 11.6 Å². The summed E-state index contributed by atoms with van der Waals surface area (Å²) in [4.78, 5) is 57.7. The van der Waals surface area contributed by atoms with Crippen molar-refractivity contribution in [2.24, 2.45) is 0 Å². The summed E-state index contributed by atoms with van der Waals surface area (Å²) in [6, 6.07) is 5.41. The van der Waals surface area contributed by atoms with E-state index in [1.807, 2.05) is 32.8 Å². The first-order valence-corrected chi connectivity index (χ1v) is 16.8. The van der Waals surface area contributed by atoms with E-state index in [4.69, 9.17) is 6.57 Å². The molecule has 14 heteroatoms. The minimum atomic E-state index is -1.19. The summed E-state index contributed by atoms with van der Waals surface area (Å²) in [5, 5.41) is 13.5. The van der Waals surface area contributed by atoms with Gasteiger partial charge in [-0.05, 0) is 81.1 Å². The van der Waals surface area contributed by atoms with E-state index in [9.17, 15) is 19.1 Å². The SMILES string of the molecule is [C-]#[N+]C[C@H]1CC(c2c(C(=O)NCCN(C)C)c(=O)n(-c3c(C)ccnc3C(C)C)c3nc(-c4c(O)cccc4F)c(F)cc23)CCN1C(=O)C(=C)F. The number of hydrogen-bond acceptors (Lipinski definition) is 7. The topological polar surface area (TPSA) is 125 Å². The maximum absolute atomic E-state index is 16.4. The number of carbonyl (C=O) groups is 2. The molecule has 3 aromatic heterocycles. The molecule has 4 aromatic rings. The minimum Gasteiger partial charge on any atom is -0.507 e. The molecular weight excluding hydrogens is 675 g/mol. The largest absolute Gasteiger partial charge is 0.507 e. The highest BCUT2D eigenvalue weighted by atomic mass is 19.1. The van der Waals surface area contributed by atoms with Crippen LogP contribution in [0.4, 0.5) is 13.2 Å². The summed E-state index contributed by atoms with van der Waals surface area (Å²) in [6.45, 7) is 16.5. The lowest BCUT2D eigenvalue weighted by atomic mass is 9.81. The standard InChI is InChI=1S/C38H40F3N7O4/c1-20(2)32-34(21(3)11-13-43-32)48-35-25(18-27(41)33(45-35)30-26(40)9-8-10-28(30)49)29(31(38(48)52)36(50)44-14-16-46(6)7)23-12-15-47(37(51)22(4)39)24(17-23)19-42-5/h8-11,13,18,20,23-24,49H,4,12,14-17,19H2,1-3,6-7H3,(H,44,50)/t23?,24-/m1/s1. The summed E-state index contributed by atoms with van der Waals surface area (Å²) in [5.74, 6) is -6.41. The highest BCUT2D eigenvalue weighted by molar-refractivity contribution is 6.01. The lowest BCUT2D eigenvalue weighted by Crippen LogP contribution is -2.47. The first kappa shape index (κ1) is 37.7. The molecule has 1 unspecified atom stereocenters. The maximum Gasteiger partial charge on any atom is 0.282 e. The molecule has 52 heavy (non-hydrogen) atoms. The number of pyridine rings is 3. The summed E-state index contributed by atoms with van der Waals surface area (Å²) in [5.41, 5.74) is -0.811. The Kier molecular flexibility index (Phi) is 11.1. The predicted octanol–water partition coefficient (Wildman–Crippen LogP) is 5.63. The predicted molar refractivity (Wildman–Crippen MR) is 191 cm³/mol. The van der Waals surface area contributed by atoms with Crippen LogP contribution < -0.4 is 10.9 Å². The van der Waals surface area contributed by atoms with E-state index in [0.29, 0.717) is 23.5 Å². The monoisotopic (exact) mass is 715 g/mol. The van der Waals surface area contributed by atoms with Crippen molar-refractivity contribution in [3.63, 3.8) is 0 Å². The Labute approximate surface area is 299 Å². The summed E-state index contributed by atoms with van der Waals surface area (Å²) >= 11 is 0. The normalized spacial score (nSPS) is 16.0. The minimum absolute atomic E-state index is 0.0264. The third kappa shape index (κ3) is 7.13. The number of phenolic OH excluding ortho intramolecular Hbond substituents is 1. The molecule has 272 valence electrons. The summed E-state index contributed by atoms with van der Waals surface area (Å²) in [7, 11) is 3.63. The molecule has 2 atom stereocenters. The van der Waals surface area contributed by atoms with Gasteiger partial charge in [0, 0.05) is 31.2 Å². The average molecular weight is 716 g/mol. The number of carbonyl (C=O) groups excluding carboxylic acids is 2. The summed E-state index contributed by atoms with van der Waals surface area (Å²) in [6.07, 6.45) is 1.72. The molecule has 2 N–H and O–H groups in total. The number of nitrogens with zero attached hydrogens (tertiary/aromatic N) is 6. The van der Waals surface area contributed by atoms with Crippen molar-refractivity contribution in [2.45, 2.75) is 51.5 Å². The van der Waals surface area contributed by atoms with Gasteiger partial charge >= 0.3 is 0 Å². The summed E-state index contributed by atoms with van der Waals surface area (Å²) < 4.78 is 46.9. The number of aromatic nitrogens is 3. The number of halogens is 3. The van der Waals surface area contributed by atoms with Gasteiger partial charge < -0.3 is 25.1 Å². The number of nitrogens with one attached hydrogen (secondary N) is 1. The molecular formula is C38H40F3N7O4. The van der Waals surface area contributed by atoms with Crippen molar-refractivity contribution in [1.82, 2.24) is 29.7 Å². The Balaban J connectivity index is 1.92. The molecule has 4 heterocycles. The number of likely N-dealkylation sites (N-methyl/N-ethyl adjacent to an activating group) is 1. The van der Waals surface area contributed by atoms with E-state index >= 15 is 13.6 Å². The zero-order valence-corrected chi connectivity index (χ0v) is 29.6. The third-order valence-electron chi connectivity index (χ3n) is 9.29. The van der Waals surface area contributed by atoms with Crippen LogP contribution in [0.2, 0.25) is 0 Å². The number of piperidine rings is 1. The van der Waals surface area contributed by atoms with Gasteiger partial charge in [0.1, 0.15) is 34.5 Å². The molecule has 0 radical (unpaired) electrons. The lowest BCUT2D eigenvalue weighted by Gasteiger charge is -2.37. The molecule has 0 saturated carbocycles. The lowest BCUT2D eigenvalue weighted by molar-refractivity contribution is -0.132. The van der Waals surface area contributed by atoms with Gasteiger partial charge in [-0.3, -0.25) is 23.9 Å². The number of benzene rings is 1. The molecule has 1 aliphatic heterocycles. The van der Waals surface area contributed by atoms with Gasteiger partial charge in [0.2, 0.25) is 6.54 Å². The van der Waals surface area contributed by atoms with Gasteiger partial charge in [0.05, 0.1) is 16.9 Å². The second-order valence-electron chi connectivity index (χ2n) is 13.4. The molecule has 1 fully saturated rings. The molecule has 0 aliphatic carbocycles. The third-order valence-corrected chi connectivity index (χ3v) is 9.29. The zero-order valence-electron chi connectivity index (χ0n) is 29.6. The van der Waals surface area contributed by atoms with E-state index < -0.39 is 63.8 Å². The Morgan fingerprint density at radius 2 is 1.94 bits per heavy atom. The van der Waals surface area contributed by atoms with Crippen LogP contribution in [0.1, 0.15) is 65.7 Å². The van der Waals surface area contributed by atoms with Crippen molar-refractivity contribution >= 4 is 22.8 Å². The number of amides is 2. The Morgan fingerprint density at radius 3 is 2.58 bits per heavy atom. The van der Waals surface area contributed by atoms with E-state index in [1.54, 1.807) is 19.2 Å². The molecule has 1 saturated heterocycles. The van der Waals surface area contributed by atoms with E-state index in [2.05, 4.69) is 26.7 Å². The molecule has 1 aliphatic rings. The first-order valence-electron chi connectivity index (χ1n) is 16.8.